The van der Waals surface area contributed by atoms with E-state index in [1.165, 1.54) is 0 Å². The van der Waals surface area contributed by atoms with Gasteiger partial charge in [-0.15, -0.1) is 0 Å². The van der Waals surface area contributed by atoms with Gasteiger partial charge in [0, 0.05) is 12.6 Å². The molecule has 1 fully saturated rings. The van der Waals surface area contributed by atoms with Crippen LogP contribution in [-0.4, -0.2) is 47.2 Å². The van der Waals surface area contributed by atoms with E-state index in [4.69, 9.17) is 11.5 Å². The maximum Gasteiger partial charge on any atom is 0.234 e. The summed E-state index contributed by atoms with van der Waals surface area (Å²) < 4.78 is 0. The summed E-state index contributed by atoms with van der Waals surface area (Å²) in [7, 11) is 0. The van der Waals surface area contributed by atoms with Gasteiger partial charge in [-0.1, -0.05) is 30.3 Å². The van der Waals surface area contributed by atoms with E-state index < -0.39 is 6.10 Å². The lowest BCUT2D eigenvalue weighted by Gasteiger charge is -2.27. The maximum absolute atomic E-state index is 11.3. The van der Waals surface area contributed by atoms with Crippen LogP contribution in [-0.2, 0) is 11.2 Å². The quantitative estimate of drug-likeness (QED) is 0.675. The first-order chi connectivity index (χ1) is 9.58. The Balaban J connectivity index is 1.87. The normalized spacial score (nSPS) is 22.6. The number of benzene rings is 1. The number of carbonyl (C=O) groups excluding carboxylic acids is 1. The second kappa shape index (κ2) is 6.83. The molecule has 1 aromatic carbocycles. The molecule has 5 N–H and O–H groups in total. The largest absolute Gasteiger partial charge is 0.390 e. The van der Waals surface area contributed by atoms with Crippen LogP contribution in [0.3, 0.4) is 0 Å². The third kappa shape index (κ3) is 3.79. The third-order valence-electron chi connectivity index (χ3n) is 3.92. The predicted molar refractivity (Wildman–Crippen MR) is 77.9 cm³/mol. The van der Waals surface area contributed by atoms with Gasteiger partial charge in [0.25, 0.3) is 0 Å². The van der Waals surface area contributed by atoms with Gasteiger partial charge in [-0.2, -0.15) is 0 Å². The fraction of sp³-hybridized carbons (Fsp3) is 0.533. The lowest BCUT2D eigenvalue weighted by Crippen LogP contribution is -2.49. The minimum atomic E-state index is -0.657. The van der Waals surface area contributed by atoms with E-state index in [9.17, 15) is 9.90 Å². The van der Waals surface area contributed by atoms with Gasteiger partial charge in [0.1, 0.15) is 0 Å². The van der Waals surface area contributed by atoms with Gasteiger partial charge in [-0.05, 0) is 31.4 Å². The molecule has 1 amide bonds. The Morgan fingerprint density at radius 3 is 2.75 bits per heavy atom. The molecule has 1 heterocycles. The van der Waals surface area contributed by atoms with Crippen LogP contribution in [0, 0.1) is 0 Å². The summed E-state index contributed by atoms with van der Waals surface area (Å²) in [6.07, 6.45) is 1.68. The first-order valence-corrected chi connectivity index (χ1v) is 7.09. The fourth-order valence-corrected chi connectivity index (χ4v) is 2.76. The van der Waals surface area contributed by atoms with Crippen LogP contribution < -0.4 is 11.5 Å². The van der Waals surface area contributed by atoms with Crippen molar-refractivity contribution in [3.05, 3.63) is 35.9 Å². The highest BCUT2D eigenvalue weighted by molar-refractivity contribution is 5.80. The molecule has 0 unspecified atom stereocenters. The Morgan fingerprint density at radius 2 is 2.10 bits per heavy atom. The zero-order valence-electron chi connectivity index (χ0n) is 11.6. The van der Waals surface area contributed by atoms with Crippen LogP contribution >= 0.6 is 0 Å². The minimum Gasteiger partial charge on any atom is -0.390 e. The molecule has 0 aliphatic carbocycles. The molecule has 1 saturated heterocycles. The lowest BCUT2D eigenvalue weighted by molar-refractivity contribution is -0.122. The Morgan fingerprint density at radius 1 is 1.40 bits per heavy atom. The molecule has 1 aromatic rings. The fourth-order valence-electron chi connectivity index (χ4n) is 2.76. The first kappa shape index (κ1) is 15.0. The van der Waals surface area contributed by atoms with Gasteiger partial charge in [0.05, 0.1) is 12.1 Å². The van der Waals surface area contributed by atoms with Crippen LogP contribution in [0.15, 0.2) is 30.3 Å². The van der Waals surface area contributed by atoms with Crippen LogP contribution in [0.25, 0.3) is 0 Å². The maximum atomic E-state index is 11.3. The molecule has 3 atom stereocenters. The Kier molecular flexibility index (Phi) is 5.11. The minimum absolute atomic E-state index is 0.256. The average Bonchev–Trinajstić information content (AvgIpc) is 2.88. The van der Waals surface area contributed by atoms with Crippen molar-refractivity contribution in [2.45, 2.75) is 37.5 Å². The third-order valence-corrected chi connectivity index (χ3v) is 3.92. The van der Waals surface area contributed by atoms with Gasteiger partial charge >= 0.3 is 0 Å². The summed E-state index contributed by atoms with van der Waals surface area (Å²) in [6, 6.07) is 9.26. The molecule has 0 bridgehead atoms. The number of aliphatic hydroxyl groups is 1. The number of nitrogens with zero attached hydrogens (tertiary/aromatic N) is 1. The molecule has 0 saturated carbocycles. The van der Waals surface area contributed by atoms with Gasteiger partial charge in [-0.3, -0.25) is 9.69 Å². The molecular formula is C15H23N3O2. The van der Waals surface area contributed by atoms with Gasteiger partial charge < -0.3 is 16.6 Å². The molecule has 0 aromatic heterocycles. The second-order valence-corrected chi connectivity index (χ2v) is 5.48. The standard InChI is InChI=1S/C15H23N3O2/c16-12(9-11-5-2-1-3-6-11)14(19)10-18-8-4-7-13(18)15(17)20/h1-3,5-6,12-14,19H,4,7-10,16H2,(H2,17,20)/t12-,13+,14+/m1/s1. The van der Waals surface area contributed by atoms with Crippen molar-refractivity contribution in [1.29, 1.82) is 0 Å². The van der Waals surface area contributed by atoms with Crippen molar-refractivity contribution in [2.24, 2.45) is 11.5 Å². The molecule has 0 spiro atoms. The van der Waals surface area contributed by atoms with Crippen molar-refractivity contribution in [3.8, 4) is 0 Å². The molecule has 0 radical (unpaired) electrons. The molecule has 2 rings (SSSR count). The van der Waals surface area contributed by atoms with Crippen molar-refractivity contribution in [3.63, 3.8) is 0 Å². The number of hydrogen-bond acceptors (Lipinski definition) is 4. The Bertz CT molecular complexity index is 438. The number of primary amides is 1. The zero-order chi connectivity index (χ0) is 14.5. The molecule has 20 heavy (non-hydrogen) atoms. The smallest absolute Gasteiger partial charge is 0.234 e. The zero-order valence-corrected chi connectivity index (χ0v) is 11.6. The Labute approximate surface area is 119 Å². The van der Waals surface area contributed by atoms with E-state index in [1.807, 2.05) is 35.2 Å². The van der Waals surface area contributed by atoms with E-state index in [1.54, 1.807) is 0 Å². The highest BCUT2D eigenvalue weighted by Gasteiger charge is 2.31. The predicted octanol–water partition coefficient (Wildman–Crippen LogP) is -0.133. The topological polar surface area (TPSA) is 92.6 Å². The van der Waals surface area contributed by atoms with Gasteiger partial charge in [0.15, 0.2) is 0 Å². The van der Waals surface area contributed by atoms with E-state index in [0.29, 0.717) is 13.0 Å². The molecule has 5 heteroatoms. The summed E-state index contributed by atoms with van der Waals surface area (Å²) in [4.78, 5) is 13.3. The lowest BCUT2D eigenvalue weighted by atomic mass is 10.0. The van der Waals surface area contributed by atoms with Gasteiger partial charge in [0.2, 0.25) is 5.91 Å². The molecule has 1 aliphatic rings. The first-order valence-electron chi connectivity index (χ1n) is 7.09. The molecular weight excluding hydrogens is 254 g/mol. The summed E-state index contributed by atoms with van der Waals surface area (Å²) in [5, 5.41) is 10.2. The van der Waals surface area contributed by atoms with Crippen molar-refractivity contribution in [1.82, 2.24) is 4.90 Å². The van der Waals surface area contributed by atoms with E-state index in [0.717, 1.165) is 24.9 Å². The van der Waals surface area contributed by atoms with Crippen molar-refractivity contribution < 1.29 is 9.90 Å². The van der Waals surface area contributed by atoms with Crippen LogP contribution in [0.1, 0.15) is 18.4 Å². The van der Waals surface area contributed by atoms with Crippen LogP contribution in [0.4, 0.5) is 0 Å². The number of aliphatic hydroxyl groups excluding tert-OH is 1. The number of likely N-dealkylation sites (tertiary alicyclic amines) is 1. The van der Waals surface area contributed by atoms with Crippen LogP contribution in [0.5, 0.6) is 0 Å². The van der Waals surface area contributed by atoms with Crippen LogP contribution in [0.2, 0.25) is 0 Å². The van der Waals surface area contributed by atoms with E-state index >= 15 is 0 Å². The molecule has 110 valence electrons. The number of nitrogens with two attached hydrogens (primary N) is 2. The Hall–Kier alpha value is -1.43. The number of rotatable bonds is 6. The number of hydrogen-bond donors (Lipinski definition) is 3. The van der Waals surface area contributed by atoms with E-state index in [2.05, 4.69) is 0 Å². The SMILES string of the molecule is NC(=O)[C@@H]1CCCN1C[C@H](O)[C@H](N)Cc1ccccc1. The number of β-amino-alcohol motifs (C(OH)–C–C–N with tert-alkyl or cyclic N) is 1. The molecule has 1 aliphatic heterocycles. The highest BCUT2D eigenvalue weighted by Crippen LogP contribution is 2.17. The van der Waals surface area contributed by atoms with Gasteiger partial charge in [-0.25, -0.2) is 0 Å². The molecule has 5 nitrogen and oxygen atoms in total. The average molecular weight is 277 g/mol. The summed E-state index contributed by atoms with van der Waals surface area (Å²) in [5.41, 5.74) is 12.5. The summed E-state index contributed by atoms with van der Waals surface area (Å²) in [6.45, 7) is 1.20. The summed E-state index contributed by atoms with van der Waals surface area (Å²) >= 11 is 0. The van der Waals surface area contributed by atoms with Crippen molar-refractivity contribution in [2.75, 3.05) is 13.1 Å². The highest BCUT2D eigenvalue weighted by atomic mass is 16.3. The number of amides is 1. The second-order valence-electron chi connectivity index (χ2n) is 5.48. The van der Waals surface area contributed by atoms with E-state index in [-0.39, 0.29) is 18.0 Å². The van der Waals surface area contributed by atoms with Crippen molar-refractivity contribution >= 4 is 5.91 Å². The number of carbonyl (C=O) groups is 1. The summed E-state index contributed by atoms with van der Waals surface area (Å²) in [5.74, 6) is -0.314. The monoisotopic (exact) mass is 277 g/mol.